The van der Waals surface area contributed by atoms with Crippen LogP contribution in [0.2, 0.25) is 0 Å². The summed E-state index contributed by atoms with van der Waals surface area (Å²) in [6.07, 6.45) is 5.54. The van der Waals surface area contributed by atoms with Gasteiger partial charge in [-0.15, -0.1) is 0 Å². The minimum absolute atomic E-state index is 0.888. The summed E-state index contributed by atoms with van der Waals surface area (Å²) in [6, 6.07) is 8.97. The number of rotatable bonds is 0. The Bertz CT molecular complexity index is 262. The van der Waals surface area contributed by atoms with Gasteiger partial charge in [-0.1, -0.05) is 24.3 Å². The summed E-state index contributed by atoms with van der Waals surface area (Å²) >= 11 is 0. The molecule has 0 aliphatic heterocycles. The highest BCUT2D eigenvalue weighted by Gasteiger charge is 2.32. The van der Waals surface area contributed by atoms with Gasteiger partial charge < -0.3 is 0 Å². The van der Waals surface area contributed by atoms with Crippen LogP contribution in [0.15, 0.2) is 24.3 Å². The first kappa shape index (κ1) is 6.71. The van der Waals surface area contributed by atoms with E-state index in [1.165, 1.54) is 25.7 Å². The van der Waals surface area contributed by atoms with Crippen molar-refractivity contribution in [1.82, 2.24) is 0 Å². The largest absolute Gasteiger partial charge is 0.0620 e. The predicted octanol–water partition coefficient (Wildman–Crippen LogP) is 3.28. The summed E-state index contributed by atoms with van der Waals surface area (Å²) in [5, 5.41) is 0. The maximum atomic E-state index is 2.32. The normalized spacial score (nSPS) is 22.7. The third-order valence-electron chi connectivity index (χ3n) is 3.37. The zero-order valence-electron chi connectivity index (χ0n) is 7.22. The highest BCUT2D eigenvalue weighted by molar-refractivity contribution is 5.45. The summed E-state index contributed by atoms with van der Waals surface area (Å²) in [5.41, 5.74) is 3.21. The van der Waals surface area contributed by atoms with E-state index in [-0.39, 0.29) is 0 Å². The smallest absolute Gasteiger partial charge is 0.00532 e. The van der Waals surface area contributed by atoms with Crippen LogP contribution in [0, 0.1) is 5.92 Å². The molecule has 4 rings (SSSR count). The molecule has 0 heteroatoms. The van der Waals surface area contributed by atoms with Crippen molar-refractivity contribution in [2.75, 3.05) is 0 Å². The molecular formula is C12H13. The van der Waals surface area contributed by atoms with Gasteiger partial charge in [-0.25, -0.2) is 0 Å². The predicted molar refractivity (Wildman–Crippen MR) is 50.0 cm³/mol. The fraction of sp³-hybridized carbons (Fsp3) is 0.417. The second-order valence-electron chi connectivity index (χ2n) is 3.97. The van der Waals surface area contributed by atoms with E-state index in [2.05, 4.69) is 24.3 Å². The number of hydrogen-bond acceptors (Lipinski definition) is 0. The molecule has 1 aromatic rings. The van der Waals surface area contributed by atoms with E-state index in [0.717, 1.165) is 5.92 Å². The first-order chi connectivity index (χ1) is 5.95. The molecule has 1 fully saturated rings. The summed E-state index contributed by atoms with van der Waals surface area (Å²) in [6.45, 7) is 0. The molecule has 1 aromatic carbocycles. The molecule has 0 spiro atoms. The third-order valence-corrected chi connectivity index (χ3v) is 3.37. The van der Waals surface area contributed by atoms with Gasteiger partial charge in [0.25, 0.3) is 0 Å². The van der Waals surface area contributed by atoms with Crippen molar-refractivity contribution in [3.05, 3.63) is 41.3 Å². The molecule has 0 nitrogen and oxygen atoms in total. The molecule has 2 bridgehead atoms. The summed E-state index contributed by atoms with van der Waals surface area (Å²) in [5.74, 6) is 2.60. The van der Waals surface area contributed by atoms with Crippen LogP contribution in [-0.2, 0) is 0 Å². The van der Waals surface area contributed by atoms with Crippen LogP contribution in [0.5, 0.6) is 0 Å². The van der Waals surface area contributed by atoms with Crippen molar-refractivity contribution >= 4 is 0 Å². The molecule has 0 N–H and O–H groups in total. The Labute approximate surface area is 73.6 Å². The van der Waals surface area contributed by atoms with Crippen molar-refractivity contribution in [2.45, 2.75) is 31.6 Å². The van der Waals surface area contributed by atoms with E-state index >= 15 is 0 Å². The van der Waals surface area contributed by atoms with Crippen molar-refractivity contribution in [3.63, 3.8) is 0 Å². The van der Waals surface area contributed by atoms with Gasteiger partial charge in [-0.2, -0.15) is 0 Å². The Morgan fingerprint density at radius 3 is 2.50 bits per heavy atom. The average Bonchev–Trinajstić information content (AvgIpc) is 2.20. The summed E-state index contributed by atoms with van der Waals surface area (Å²) < 4.78 is 0. The molecule has 0 heterocycles. The Kier molecular flexibility index (Phi) is 1.31. The highest BCUT2D eigenvalue weighted by Crippen LogP contribution is 2.48. The van der Waals surface area contributed by atoms with Crippen LogP contribution in [-0.4, -0.2) is 0 Å². The van der Waals surface area contributed by atoms with Crippen LogP contribution in [0.1, 0.15) is 42.7 Å². The monoisotopic (exact) mass is 157 g/mol. The van der Waals surface area contributed by atoms with Crippen molar-refractivity contribution < 1.29 is 0 Å². The fourth-order valence-electron chi connectivity index (χ4n) is 2.72. The topological polar surface area (TPSA) is 0 Å². The average molecular weight is 157 g/mol. The second kappa shape index (κ2) is 2.35. The van der Waals surface area contributed by atoms with E-state index in [4.69, 9.17) is 0 Å². The molecule has 61 valence electrons. The number of hydrogen-bond donors (Lipinski definition) is 0. The molecule has 1 radical (unpaired) electrons. The quantitative estimate of drug-likeness (QED) is 0.542. The first-order valence-corrected chi connectivity index (χ1v) is 4.89. The highest BCUT2D eigenvalue weighted by atomic mass is 14.4. The Balaban J connectivity index is 2.19. The molecule has 3 aliphatic carbocycles. The molecular weight excluding hydrogens is 144 g/mol. The van der Waals surface area contributed by atoms with Gasteiger partial charge >= 0.3 is 0 Å². The number of benzene rings is 1. The lowest BCUT2D eigenvalue weighted by molar-refractivity contribution is 0.447. The van der Waals surface area contributed by atoms with Crippen molar-refractivity contribution in [3.8, 4) is 0 Å². The van der Waals surface area contributed by atoms with Gasteiger partial charge in [0.05, 0.1) is 0 Å². The van der Waals surface area contributed by atoms with Gasteiger partial charge in [-0.05, 0) is 42.7 Å². The van der Waals surface area contributed by atoms with Gasteiger partial charge in [-0.3, -0.25) is 0 Å². The molecule has 1 saturated carbocycles. The molecule has 0 unspecified atom stereocenters. The second-order valence-corrected chi connectivity index (χ2v) is 3.97. The van der Waals surface area contributed by atoms with Gasteiger partial charge in [0.2, 0.25) is 0 Å². The van der Waals surface area contributed by atoms with E-state index in [0.29, 0.717) is 0 Å². The number of fused-ring (bicyclic) bond motifs is 2. The minimum Gasteiger partial charge on any atom is -0.0620 e. The van der Waals surface area contributed by atoms with Crippen LogP contribution in [0.4, 0.5) is 0 Å². The molecule has 0 saturated heterocycles. The summed E-state index contributed by atoms with van der Waals surface area (Å²) in [4.78, 5) is 0. The molecule has 0 aromatic heterocycles. The van der Waals surface area contributed by atoms with Gasteiger partial charge in [0.1, 0.15) is 0 Å². The lowest BCUT2D eigenvalue weighted by Crippen LogP contribution is -2.21. The minimum atomic E-state index is 0.888. The van der Waals surface area contributed by atoms with E-state index in [1.807, 2.05) is 0 Å². The molecule has 0 atom stereocenters. The van der Waals surface area contributed by atoms with E-state index in [1.54, 1.807) is 17.0 Å². The Hall–Kier alpha value is -0.780. The standard InChI is InChI=1S/C12H13/c1-2-4-12-10-7-5-9(6-8-10)11(12)3-1/h1-4,9H,5-8H2. The third kappa shape index (κ3) is 0.782. The fourth-order valence-corrected chi connectivity index (χ4v) is 2.72. The van der Waals surface area contributed by atoms with Gasteiger partial charge in [0.15, 0.2) is 0 Å². The Morgan fingerprint density at radius 1 is 1.00 bits per heavy atom. The van der Waals surface area contributed by atoms with E-state index in [9.17, 15) is 0 Å². The molecule has 12 heavy (non-hydrogen) atoms. The SMILES string of the molecule is c1ccc2c(c1)[C]1CCC2CC1. The van der Waals surface area contributed by atoms with Crippen LogP contribution in [0.3, 0.4) is 0 Å². The van der Waals surface area contributed by atoms with Crippen molar-refractivity contribution in [2.24, 2.45) is 0 Å². The van der Waals surface area contributed by atoms with Gasteiger partial charge in [0, 0.05) is 5.92 Å². The lowest BCUT2D eigenvalue weighted by Gasteiger charge is -2.37. The lowest BCUT2D eigenvalue weighted by atomic mass is 9.67. The van der Waals surface area contributed by atoms with Crippen molar-refractivity contribution in [1.29, 1.82) is 0 Å². The van der Waals surface area contributed by atoms with Crippen LogP contribution < -0.4 is 0 Å². The van der Waals surface area contributed by atoms with Crippen LogP contribution in [0.25, 0.3) is 0 Å². The maximum Gasteiger partial charge on any atom is 0.00532 e. The zero-order valence-corrected chi connectivity index (χ0v) is 7.22. The molecule has 0 amide bonds. The summed E-state index contributed by atoms with van der Waals surface area (Å²) in [7, 11) is 0. The molecule has 3 aliphatic rings. The first-order valence-electron chi connectivity index (χ1n) is 4.89. The van der Waals surface area contributed by atoms with E-state index < -0.39 is 0 Å². The Morgan fingerprint density at radius 2 is 1.75 bits per heavy atom. The maximum absolute atomic E-state index is 2.32. The van der Waals surface area contributed by atoms with Crippen LogP contribution >= 0.6 is 0 Å². The zero-order chi connectivity index (χ0) is 7.97.